The molecule has 0 aliphatic rings. The van der Waals surface area contributed by atoms with Crippen LogP contribution in [0.2, 0.25) is 0 Å². The van der Waals surface area contributed by atoms with Gasteiger partial charge in [-0.05, 0) is 24.7 Å². The van der Waals surface area contributed by atoms with E-state index < -0.39 is 9.84 Å². The van der Waals surface area contributed by atoms with E-state index in [4.69, 9.17) is 0 Å². The van der Waals surface area contributed by atoms with E-state index in [1.807, 2.05) is 37.0 Å². The number of nitrogens with zero attached hydrogens (tertiary/aromatic N) is 2. The van der Waals surface area contributed by atoms with Crippen molar-refractivity contribution >= 4 is 9.84 Å². The zero-order chi connectivity index (χ0) is 14.8. The van der Waals surface area contributed by atoms with Crippen molar-refractivity contribution in [2.75, 3.05) is 13.3 Å². The van der Waals surface area contributed by atoms with Crippen molar-refractivity contribution < 1.29 is 8.42 Å². The van der Waals surface area contributed by atoms with Crippen LogP contribution in [0.5, 0.6) is 0 Å². The molecule has 2 aromatic rings. The van der Waals surface area contributed by atoms with E-state index in [0.29, 0.717) is 4.90 Å². The van der Waals surface area contributed by atoms with Crippen LogP contribution in [-0.2, 0) is 23.3 Å². The number of nitrogens with one attached hydrogen (secondary N) is 1. The summed E-state index contributed by atoms with van der Waals surface area (Å²) >= 11 is 0. The summed E-state index contributed by atoms with van der Waals surface area (Å²) in [4.78, 5) is 4.65. The van der Waals surface area contributed by atoms with Crippen LogP contribution in [0.3, 0.4) is 0 Å². The molecule has 0 aliphatic heterocycles. The Morgan fingerprint density at radius 3 is 2.40 bits per heavy atom. The van der Waals surface area contributed by atoms with E-state index in [-0.39, 0.29) is 6.04 Å². The summed E-state index contributed by atoms with van der Waals surface area (Å²) in [5.74, 6) is 0.983. The van der Waals surface area contributed by atoms with Crippen molar-refractivity contribution in [2.24, 2.45) is 7.05 Å². The molecule has 1 aromatic carbocycles. The first-order chi connectivity index (χ1) is 9.41. The maximum Gasteiger partial charge on any atom is 0.175 e. The molecule has 0 saturated carbocycles. The van der Waals surface area contributed by atoms with Crippen molar-refractivity contribution in [1.29, 1.82) is 0 Å². The van der Waals surface area contributed by atoms with E-state index in [0.717, 1.165) is 17.8 Å². The molecule has 1 atom stereocenters. The highest BCUT2D eigenvalue weighted by molar-refractivity contribution is 7.90. The largest absolute Gasteiger partial charge is 0.338 e. The number of rotatable bonds is 5. The van der Waals surface area contributed by atoms with Crippen molar-refractivity contribution in [3.8, 4) is 0 Å². The lowest BCUT2D eigenvalue weighted by Gasteiger charge is -2.16. The third-order valence-electron chi connectivity index (χ3n) is 3.37. The number of aryl methyl sites for hydroxylation is 1. The van der Waals surface area contributed by atoms with Crippen LogP contribution in [0, 0.1) is 0 Å². The van der Waals surface area contributed by atoms with Gasteiger partial charge in [-0.2, -0.15) is 0 Å². The Hall–Kier alpha value is -1.66. The first kappa shape index (κ1) is 14.7. The molecule has 1 unspecified atom stereocenters. The molecular weight excluding hydrogens is 274 g/mol. The summed E-state index contributed by atoms with van der Waals surface area (Å²) in [5.41, 5.74) is 1.04. The number of benzene rings is 1. The van der Waals surface area contributed by atoms with Crippen LogP contribution in [0.25, 0.3) is 0 Å². The standard InChI is InChI=1S/C14H19N3O2S/c1-15-13(10-14-16-8-9-17(14)2)11-4-6-12(7-5-11)20(3,18)19/h4-9,13,15H,10H2,1-3H3. The second-order valence-electron chi connectivity index (χ2n) is 4.84. The highest BCUT2D eigenvalue weighted by atomic mass is 32.2. The molecule has 0 aliphatic carbocycles. The summed E-state index contributed by atoms with van der Waals surface area (Å²) in [5, 5.41) is 3.24. The van der Waals surface area contributed by atoms with Crippen molar-refractivity contribution in [2.45, 2.75) is 17.4 Å². The van der Waals surface area contributed by atoms with Gasteiger partial charge in [0, 0.05) is 38.2 Å². The lowest BCUT2D eigenvalue weighted by molar-refractivity contribution is 0.563. The second-order valence-corrected chi connectivity index (χ2v) is 6.86. The van der Waals surface area contributed by atoms with E-state index >= 15 is 0 Å². The fraction of sp³-hybridized carbons (Fsp3) is 0.357. The van der Waals surface area contributed by atoms with Crippen LogP contribution < -0.4 is 5.32 Å². The smallest absolute Gasteiger partial charge is 0.175 e. The van der Waals surface area contributed by atoms with E-state index in [1.54, 1.807) is 18.3 Å². The summed E-state index contributed by atoms with van der Waals surface area (Å²) in [7, 11) is 0.702. The average Bonchev–Trinajstić information content (AvgIpc) is 2.80. The highest BCUT2D eigenvalue weighted by Gasteiger charge is 2.14. The van der Waals surface area contributed by atoms with E-state index in [1.165, 1.54) is 6.26 Å². The molecule has 2 rings (SSSR count). The molecule has 108 valence electrons. The van der Waals surface area contributed by atoms with Gasteiger partial charge < -0.3 is 9.88 Å². The summed E-state index contributed by atoms with van der Waals surface area (Å²) in [6.07, 6.45) is 5.65. The van der Waals surface area contributed by atoms with Gasteiger partial charge in [0.25, 0.3) is 0 Å². The van der Waals surface area contributed by atoms with Crippen LogP contribution in [0.1, 0.15) is 17.4 Å². The second kappa shape index (κ2) is 5.76. The van der Waals surface area contributed by atoms with Gasteiger partial charge >= 0.3 is 0 Å². The quantitative estimate of drug-likeness (QED) is 0.903. The molecule has 0 spiro atoms. The number of aromatic nitrogens is 2. The Morgan fingerprint density at radius 1 is 1.30 bits per heavy atom. The Labute approximate surface area is 119 Å². The number of sulfone groups is 1. The molecule has 1 aromatic heterocycles. The van der Waals surface area contributed by atoms with Crippen molar-refractivity contribution in [1.82, 2.24) is 14.9 Å². The Balaban J connectivity index is 2.22. The molecule has 6 heteroatoms. The number of hydrogen-bond acceptors (Lipinski definition) is 4. The van der Waals surface area contributed by atoms with Gasteiger partial charge in [0.05, 0.1) is 4.90 Å². The lowest BCUT2D eigenvalue weighted by atomic mass is 10.0. The van der Waals surface area contributed by atoms with Crippen molar-refractivity contribution in [3.63, 3.8) is 0 Å². The van der Waals surface area contributed by atoms with Crippen LogP contribution in [0.4, 0.5) is 0 Å². The zero-order valence-electron chi connectivity index (χ0n) is 11.9. The van der Waals surface area contributed by atoms with Crippen LogP contribution in [-0.4, -0.2) is 31.3 Å². The third kappa shape index (κ3) is 3.26. The lowest BCUT2D eigenvalue weighted by Crippen LogP contribution is -2.20. The monoisotopic (exact) mass is 293 g/mol. The fourth-order valence-corrected chi connectivity index (χ4v) is 2.74. The minimum absolute atomic E-state index is 0.102. The Kier molecular flexibility index (Phi) is 4.25. The predicted octanol–water partition coefficient (Wildman–Crippen LogP) is 1.33. The first-order valence-electron chi connectivity index (χ1n) is 6.35. The highest BCUT2D eigenvalue weighted by Crippen LogP contribution is 2.19. The first-order valence-corrected chi connectivity index (χ1v) is 8.24. The summed E-state index contributed by atoms with van der Waals surface area (Å²) in [6, 6.07) is 7.09. The van der Waals surface area contributed by atoms with Gasteiger partial charge in [-0.15, -0.1) is 0 Å². The normalized spacial score (nSPS) is 13.3. The maximum atomic E-state index is 11.5. The SMILES string of the molecule is CNC(Cc1nccn1C)c1ccc(S(C)(=O)=O)cc1. The molecule has 20 heavy (non-hydrogen) atoms. The van der Waals surface area contributed by atoms with Gasteiger partial charge in [-0.1, -0.05) is 12.1 Å². The third-order valence-corrected chi connectivity index (χ3v) is 4.50. The molecular formula is C14H19N3O2S. The fourth-order valence-electron chi connectivity index (χ4n) is 2.11. The van der Waals surface area contributed by atoms with Gasteiger partial charge in [0.1, 0.15) is 5.82 Å². The van der Waals surface area contributed by atoms with Gasteiger partial charge in [-0.3, -0.25) is 0 Å². The summed E-state index contributed by atoms with van der Waals surface area (Å²) in [6.45, 7) is 0. The van der Waals surface area contributed by atoms with Gasteiger partial charge in [0.15, 0.2) is 9.84 Å². The predicted molar refractivity (Wildman–Crippen MR) is 78.3 cm³/mol. The Morgan fingerprint density at radius 2 is 1.95 bits per heavy atom. The number of likely N-dealkylation sites (N-methyl/N-ethyl adjacent to an activating group) is 1. The summed E-state index contributed by atoms with van der Waals surface area (Å²) < 4.78 is 24.9. The molecule has 0 bridgehead atoms. The zero-order valence-corrected chi connectivity index (χ0v) is 12.7. The van der Waals surface area contributed by atoms with Crippen molar-refractivity contribution in [3.05, 3.63) is 48.0 Å². The minimum Gasteiger partial charge on any atom is -0.338 e. The van der Waals surface area contributed by atoms with E-state index in [2.05, 4.69) is 10.3 Å². The molecule has 1 heterocycles. The Bertz CT molecular complexity index is 675. The minimum atomic E-state index is -3.15. The molecule has 0 fully saturated rings. The van der Waals surface area contributed by atoms with Crippen LogP contribution in [0.15, 0.2) is 41.6 Å². The molecule has 0 radical (unpaired) electrons. The molecule has 0 saturated heterocycles. The number of imidazole rings is 1. The molecule has 5 nitrogen and oxygen atoms in total. The van der Waals surface area contributed by atoms with Gasteiger partial charge in [0.2, 0.25) is 0 Å². The molecule has 1 N–H and O–H groups in total. The molecule has 0 amide bonds. The number of hydrogen-bond donors (Lipinski definition) is 1. The van der Waals surface area contributed by atoms with Crippen LogP contribution >= 0.6 is 0 Å². The topological polar surface area (TPSA) is 64.0 Å². The van der Waals surface area contributed by atoms with Gasteiger partial charge in [-0.25, -0.2) is 13.4 Å². The average molecular weight is 293 g/mol. The maximum absolute atomic E-state index is 11.5. The van der Waals surface area contributed by atoms with E-state index in [9.17, 15) is 8.42 Å².